The van der Waals surface area contributed by atoms with Crippen LogP contribution in [0.25, 0.3) is 0 Å². The van der Waals surface area contributed by atoms with Gasteiger partial charge >= 0.3 is 0 Å². The first-order valence-corrected chi connectivity index (χ1v) is 8.90. The smallest absolute Gasteiger partial charge is 0.0891 e. The fourth-order valence-electron chi connectivity index (χ4n) is 3.42. The van der Waals surface area contributed by atoms with Gasteiger partial charge in [-0.25, -0.2) is 0 Å². The van der Waals surface area contributed by atoms with Crippen LogP contribution in [0.2, 0.25) is 0 Å². The molecule has 1 saturated carbocycles. The number of rotatable bonds is 3. The molecular formula is C14H26N2S2. The van der Waals surface area contributed by atoms with Crippen LogP contribution in [0.4, 0.5) is 0 Å². The average Bonchev–Trinajstić information content (AvgIpc) is 2.67. The van der Waals surface area contributed by atoms with Crippen molar-refractivity contribution in [1.29, 1.82) is 0 Å². The Morgan fingerprint density at radius 3 is 2.17 bits per heavy atom. The van der Waals surface area contributed by atoms with Crippen LogP contribution < -0.4 is 5.73 Å². The van der Waals surface area contributed by atoms with Gasteiger partial charge in [0.15, 0.2) is 0 Å². The molecule has 18 heavy (non-hydrogen) atoms. The summed E-state index contributed by atoms with van der Waals surface area (Å²) in [6.07, 6.45) is 12.9. The summed E-state index contributed by atoms with van der Waals surface area (Å²) in [6, 6.07) is 0.832. The number of thiocarbonyl (C=S) groups is 1. The van der Waals surface area contributed by atoms with E-state index in [4.69, 9.17) is 18.0 Å². The van der Waals surface area contributed by atoms with E-state index in [-0.39, 0.29) is 4.75 Å². The summed E-state index contributed by atoms with van der Waals surface area (Å²) < 4.78 is 0.0799. The Labute approximate surface area is 121 Å². The predicted molar refractivity (Wildman–Crippen MR) is 85.3 cm³/mol. The Balaban J connectivity index is 1.90. The number of nitrogens with two attached hydrogens (primary N) is 1. The highest BCUT2D eigenvalue weighted by Crippen LogP contribution is 2.36. The fourth-order valence-corrected chi connectivity index (χ4v) is 4.67. The van der Waals surface area contributed by atoms with Gasteiger partial charge in [-0.2, -0.15) is 11.8 Å². The summed E-state index contributed by atoms with van der Waals surface area (Å²) in [5, 5.41) is 0. The Morgan fingerprint density at radius 1 is 1.17 bits per heavy atom. The molecule has 2 fully saturated rings. The zero-order chi connectivity index (χ0) is 13.0. The third kappa shape index (κ3) is 3.20. The monoisotopic (exact) mass is 286 g/mol. The lowest BCUT2D eigenvalue weighted by atomic mass is 9.93. The normalized spacial score (nSPS) is 26.7. The Hall–Kier alpha value is 0.200. The van der Waals surface area contributed by atoms with Crippen LogP contribution >= 0.6 is 24.0 Å². The molecule has 1 aliphatic heterocycles. The molecule has 1 heterocycles. The van der Waals surface area contributed by atoms with Crippen LogP contribution in [-0.2, 0) is 0 Å². The van der Waals surface area contributed by atoms with Gasteiger partial charge in [0.25, 0.3) is 0 Å². The molecule has 0 atom stereocenters. The van der Waals surface area contributed by atoms with Crippen molar-refractivity contribution in [3.8, 4) is 0 Å². The van der Waals surface area contributed by atoms with Crippen molar-refractivity contribution in [3.63, 3.8) is 0 Å². The predicted octanol–water partition coefficient (Wildman–Crippen LogP) is 3.19. The van der Waals surface area contributed by atoms with Gasteiger partial charge in [0.05, 0.1) is 9.74 Å². The topological polar surface area (TPSA) is 29.3 Å². The zero-order valence-corrected chi connectivity index (χ0v) is 13.1. The van der Waals surface area contributed by atoms with Crippen molar-refractivity contribution in [2.45, 2.75) is 62.2 Å². The lowest BCUT2D eigenvalue weighted by Crippen LogP contribution is -2.51. The van der Waals surface area contributed by atoms with E-state index in [9.17, 15) is 0 Å². The minimum atomic E-state index is 0.0799. The summed E-state index contributed by atoms with van der Waals surface area (Å²) in [6.45, 7) is 2.37. The van der Waals surface area contributed by atoms with Gasteiger partial charge in [0.2, 0.25) is 0 Å². The number of hydrogen-bond donors (Lipinski definition) is 1. The highest BCUT2D eigenvalue weighted by molar-refractivity contribution is 8.02. The molecule has 0 unspecified atom stereocenters. The number of hydrogen-bond acceptors (Lipinski definition) is 3. The largest absolute Gasteiger partial charge is 0.392 e. The maximum absolute atomic E-state index is 5.95. The molecule has 0 aromatic heterocycles. The lowest BCUT2D eigenvalue weighted by Gasteiger charge is -2.43. The molecule has 2 nitrogen and oxygen atoms in total. The number of likely N-dealkylation sites (tertiary alicyclic amines) is 1. The summed E-state index contributed by atoms with van der Waals surface area (Å²) in [5.41, 5.74) is 5.95. The first kappa shape index (κ1) is 14.6. The third-order valence-corrected chi connectivity index (χ3v) is 6.72. The van der Waals surface area contributed by atoms with Crippen LogP contribution in [-0.4, -0.2) is 40.0 Å². The summed E-state index contributed by atoms with van der Waals surface area (Å²) in [5.74, 6) is 0. The molecule has 0 spiro atoms. The van der Waals surface area contributed by atoms with Crippen molar-refractivity contribution >= 4 is 29.0 Å². The maximum atomic E-state index is 5.95. The number of nitrogens with zero attached hydrogens (tertiary/aromatic N) is 1. The molecule has 0 amide bonds. The number of piperidine rings is 1. The molecule has 0 aromatic rings. The molecule has 0 bridgehead atoms. The second-order valence-electron chi connectivity index (χ2n) is 5.74. The van der Waals surface area contributed by atoms with Crippen molar-refractivity contribution < 1.29 is 0 Å². The van der Waals surface area contributed by atoms with Gasteiger partial charge in [-0.1, -0.05) is 37.9 Å². The number of thioether (sulfide) groups is 1. The SMILES string of the molecule is CSC1(C(N)=S)CCN(C2CCCCCC2)CC1. The Kier molecular flexibility index (Phi) is 5.34. The van der Waals surface area contributed by atoms with Gasteiger partial charge in [-0.05, 0) is 31.9 Å². The summed E-state index contributed by atoms with van der Waals surface area (Å²) in [7, 11) is 0. The molecule has 104 valence electrons. The molecule has 1 aliphatic carbocycles. The van der Waals surface area contributed by atoms with Crippen molar-refractivity contribution in [2.24, 2.45) is 5.73 Å². The molecule has 2 rings (SSSR count). The summed E-state index contributed by atoms with van der Waals surface area (Å²) >= 11 is 7.14. The third-order valence-electron chi connectivity index (χ3n) is 4.79. The van der Waals surface area contributed by atoms with Crippen LogP contribution in [0.15, 0.2) is 0 Å². The van der Waals surface area contributed by atoms with Crippen LogP contribution in [0.3, 0.4) is 0 Å². The zero-order valence-electron chi connectivity index (χ0n) is 11.5. The minimum Gasteiger partial charge on any atom is -0.392 e. The van der Waals surface area contributed by atoms with E-state index in [1.54, 1.807) is 0 Å². The first-order chi connectivity index (χ1) is 8.68. The molecule has 1 saturated heterocycles. The molecule has 0 radical (unpaired) electrons. The average molecular weight is 287 g/mol. The fraction of sp³-hybridized carbons (Fsp3) is 0.929. The minimum absolute atomic E-state index is 0.0799. The Bertz CT molecular complexity index is 278. The quantitative estimate of drug-likeness (QED) is 0.637. The molecular weight excluding hydrogens is 260 g/mol. The van der Waals surface area contributed by atoms with Crippen LogP contribution in [0.1, 0.15) is 51.4 Å². The van der Waals surface area contributed by atoms with Gasteiger partial charge in [-0.15, -0.1) is 0 Å². The van der Waals surface area contributed by atoms with E-state index in [2.05, 4.69) is 11.2 Å². The Morgan fingerprint density at radius 2 is 1.72 bits per heavy atom. The molecule has 4 heteroatoms. The lowest BCUT2D eigenvalue weighted by molar-refractivity contribution is 0.144. The van der Waals surface area contributed by atoms with E-state index >= 15 is 0 Å². The van der Waals surface area contributed by atoms with Gasteiger partial charge < -0.3 is 10.6 Å². The van der Waals surface area contributed by atoms with Crippen LogP contribution in [0.5, 0.6) is 0 Å². The molecule has 0 aromatic carbocycles. The van der Waals surface area contributed by atoms with Crippen molar-refractivity contribution in [2.75, 3.05) is 19.3 Å². The van der Waals surface area contributed by atoms with E-state index in [0.29, 0.717) is 0 Å². The first-order valence-electron chi connectivity index (χ1n) is 7.27. The van der Waals surface area contributed by atoms with Crippen molar-refractivity contribution in [3.05, 3.63) is 0 Å². The van der Waals surface area contributed by atoms with E-state index < -0.39 is 0 Å². The summed E-state index contributed by atoms with van der Waals surface area (Å²) in [4.78, 5) is 3.42. The maximum Gasteiger partial charge on any atom is 0.0891 e. The van der Waals surface area contributed by atoms with Crippen LogP contribution in [0, 0.1) is 0 Å². The second-order valence-corrected chi connectivity index (χ2v) is 7.37. The highest BCUT2D eigenvalue weighted by atomic mass is 32.2. The molecule has 2 aliphatic rings. The van der Waals surface area contributed by atoms with Crippen molar-refractivity contribution in [1.82, 2.24) is 4.90 Å². The standard InChI is InChI=1S/C14H26N2S2/c1-18-14(13(15)17)8-10-16(11-9-14)12-6-4-2-3-5-7-12/h12H,2-11H2,1H3,(H2,15,17). The van der Waals surface area contributed by atoms with Gasteiger partial charge in [0, 0.05) is 19.1 Å². The highest BCUT2D eigenvalue weighted by Gasteiger charge is 2.38. The van der Waals surface area contributed by atoms with Gasteiger partial charge in [0.1, 0.15) is 0 Å². The van der Waals surface area contributed by atoms with E-state index in [1.165, 1.54) is 51.6 Å². The second kappa shape index (κ2) is 6.58. The van der Waals surface area contributed by atoms with E-state index in [0.717, 1.165) is 23.9 Å². The van der Waals surface area contributed by atoms with E-state index in [1.807, 2.05) is 11.8 Å². The van der Waals surface area contributed by atoms with Gasteiger partial charge in [-0.3, -0.25) is 0 Å². The molecule has 2 N–H and O–H groups in total.